The first-order valence-electron chi connectivity index (χ1n) is 6.21. The fourth-order valence-corrected chi connectivity index (χ4v) is 2.55. The Morgan fingerprint density at radius 2 is 1.82 bits per heavy atom. The molecular weight excluding hydrogens is 210 g/mol. The molecule has 0 N–H and O–H groups in total. The Balaban J connectivity index is 1.65. The summed E-state index contributed by atoms with van der Waals surface area (Å²) in [7, 11) is 0. The zero-order valence-electron chi connectivity index (χ0n) is 9.87. The summed E-state index contributed by atoms with van der Waals surface area (Å²) in [6, 6.07) is 11.3. The van der Waals surface area contributed by atoms with Crippen molar-refractivity contribution < 1.29 is 0 Å². The third kappa shape index (κ3) is 2.18. The predicted octanol–water partition coefficient (Wildman–Crippen LogP) is 2.72. The van der Waals surface area contributed by atoms with Gasteiger partial charge in [0.05, 0.1) is 6.33 Å². The minimum atomic E-state index is 0.623. The SMILES string of the molecule is c1ccc(N2CCC(n3ccnc3)CC2)cc1. The Bertz CT molecular complexity index is 442. The third-order valence-electron chi connectivity index (χ3n) is 3.53. The highest BCUT2D eigenvalue weighted by Crippen LogP contribution is 2.25. The van der Waals surface area contributed by atoms with Crippen LogP contribution in [0.25, 0.3) is 0 Å². The van der Waals surface area contributed by atoms with E-state index in [0.29, 0.717) is 6.04 Å². The molecule has 1 aliphatic rings. The van der Waals surface area contributed by atoms with Crippen molar-refractivity contribution in [3.63, 3.8) is 0 Å². The van der Waals surface area contributed by atoms with Gasteiger partial charge in [-0.05, 0) is 25.0 Å². The first-order chi connectivity index (χ1) is 8.43. The zero-order valence-corrected chi connectivity index (χ0v) is 9.87. The predicted molar refractivity (Wildman–Crippen MR) is 69.2 cm³/mol. The average molecular weight is 227 g/mol. The lowest BCUT2D eigenvalue weighted by molar-refractivity contribution is 0.396. The summed E-state index contributed by atoms with van der Waals surface area (Å²) in [6.07, 6.45) is 8.27. The molecule has 17 heavy (non-hydrogen) atoms. The Kier molecular flexibility index (Phi) is 2.82. The van der Waals surface area contributed by atoms with E-state index in [4.69, 9.17) is 0 Å². The van der Waals surface area contributed by atoms with Gasteiger partial charge in [0.15, 0.2) is 0 Å². The minimum absolute atomic E-state index is 0.623. The van der Waals surface area contributed by atoms with Crippen molar-refractivity contribution >= 4 is 5.69 Å². The Morgan fingerprint density at radius 1 is 1.06 bits per heavy atom. The normalized spacial score (nSPS) is 17.3. The molecule has 0 saturated carbocycles. The summed E-state index contributed by atoms with van der Waals surface area (Å²) in [5, 5.41) is 0. The van der Waals surface area contributed by atoms with Gasteiger partial charge in [-0.15, -0.1) is 0 Å². The number of anilines is 1. The van der Waals surface area contributed by atoms with Gasteiger partial charge in [0.25, 0.3) is 0 Å². The molecule has 88 valence electrons. The summed E-state index contributed by atoms with van der Waals surface area (Å²) < 4.78 is 2.24. The maximum Gasteiger partial charge on any atom is 0.0948 e. The molecule has 0 spiro atoms. The van der Waals surface area contributed by atoms with Gasteiger partial charge < -0.3 is 9.47 Å². The van der Waals surface area contributed by atoms with Crippen LogP contribution in [0.5, 0.6) is 0 Å². The zero-order chi connectivity index (χ0) is 11.5. The van der Waals surface area contributed by atoms with Crippen LogP contribution < -0.4 is 4.90 Å². The van der Waals surface area contributed by atoms with Gasteiger partial charge >= 0.3 is 0 Å². The fourth-order valence-electron chi connectivity index (χ4n) is 2.55. The topological polar surface area (TPSA) is 21.1 Å². The second-order valence-corrected chi connectivity index (χ2v) is 4.56. The smallest absolute Gasteiger partial charge is 0.0948 e. The van der Waals surface area contributed by atoms with E-state index in [2.05, 4.69) is 51.0 Å². The number of imidazole rings is 1. The molecule has 0 radical (unpaired) electrons. The molecular formula is C14H17N3. The minimum Gasteiger partial charge on any atom is -0.371 e. The van der Waals surface area contributed by atoms with Crippen LogP contribution in [-0.2, 0) is 0 Å². The second-order valence-electron chi connectivity index (χ2n) is 4.56. The van der Waals surface area contributed by atoms with Crippen molar-refractivity contribution in [2.24, 2.45) is 0 Å². The number of piperidine rings is 1. The van der Waals surface area contributed by atoms with Crippen molar-refractivity contribution in [3.05, 3.63) is 49.1 Å². The molecule has 0 unspecified atom stereocenters. The van der Waals surface area contributed by atoms with Crippen LogP contribution in [0.4, 0.5) is 5.69 Å². The van der Waals surface area contributed by atoms with Gasteiger partial charge in [-0.25, -0.2) is 4.98 Å². The van der Waals surface area contributed by atoms with Crippen molar-refractivity contribution in [1.82, 2.24) is 9.55 Å². The van der Waals surface area contributed by atoms with Gasteiger partial charge in [0.2, 0.25) is 0 Å². The monoisotopic (exact) mass is 227 g/mol. The van der Waals surface area contributed by atoms with E-state index >= 15 is 0 Å². The molecule has 0 bridgehead atoms. The van der Waals surface area contributed by atoms with Crippen LogP contribution >= 0.6 is 0 Å². The molecule has 1 aliphatic heterocycles. The molecule has 1 fully saturated rings. The van der Waals surface area contributed by atoms with E-state index in [1.54, 1.807) is 0 Å². The first-order valence-corrected chi connectivity index (χ1v) is 6.21. The van der Waals surface area contributed by atoms with Crippen LogP contribution in [0.3, 0.4) is 0 Å². The van der Waals surface area contributed by atoms with Crippen molar-refractivity contribution in [2.75, 3.05) is 18.0 Å². The molecule has 0 atom stereocenters. The largest absolute Gasteiger partial charge is 0.371 e. The number of rotatable bonds is 2. The van der Waals surface area contributed by atoms with Crippen LogP contribution in [0.1, 0.15) is 18.9 Å². The fraction of sp³-hybridized carbons (Fsp3) is 0.357. The van der Waals surface area contributed by atoms with Crippen LogP contribution in [-0.4, -0.2) is 22.6 Å². The molecule has 3 rings (SSSR count). The first kappa shape index (κ1) is 10.4. The summed E-state index contributed by atoms with van der Waals surface area (Å²) in [5.74, 6) is 0. The van der Waals surface area contributed by atoms with E-state index in [0.717, 1.165) is 13.1 Å². The van der Waals surface area contributed by atoms with Gasteiger partial charge in [-0.2, -0.15) is 0 Å². The van der Waals surface area contributed by atoms with E-state index in [1.165, 1.54) is 18.5 Å². The Morgan fingerprint density at radius 3 is 2.47 bits per heavy atom. The van der Waals surface area contributed by atoms with Crippen LogP contribution in [0, 0.1) is 0 Å². The molecule has 3 heteroatoms. The highest BCUT2D eigenvalue weighted by molar-refractivity contribution is 5.46. The lowest BCUT2D eigenvalue weighted by Crippen LogP contribution is -2.34. The van der Waals surface area contributed by atoms with Crippen molar-refractivity contribution in [2.45, 2.75) is 18.9 Å². The van der Waals surface area contributed by atoms with Gasteiger partial charge in [0, 0.05) is 37.2 Å². The number of hydrogen-bond donors (Lipinski definition) is 0. The van der Waals surface area contributed by atoms with Crippen molar-refractivity contribution in [1.29, 1.82) is 0 Å². The summed E-state index contributed by atoms with van der Waals surface area (Å²) in [6.45, 7) is 2.26. The third-order valence-corrected chi connectivity index (χ3v) is 3.53. The van der Waals surface area contributed by atoms with E-state index in [1.807, 2.05) is 12.5 Å². The summed E-state index contributed by atoms with van der Waals surface area (Å²) in [4.78, 5) is 6.59. The summed E-state index contributed by atoms with van der Waals surface area (Å²) >= 11 is 0. The number of hydrogen-bond acceptors (Lipinski definition) is 2. The van der Waals surface area contributed by atoms with Crippen LogP contribution in [0.15, 0.2) is 49.1 Å². The van der Waals surface area contributed by atoms with E-state index in [9.17, 15) is 0 Å². The molecule has 3 nitrogen and oxygen atoms in total. The van der Waals surface area contributed by atoms with E-state index in [-0.39, 0.29) is 0 Å². The molecule has 1 aromatic heterocycles. The highest BCUT2D eigenvalue weighted by Gasteiger charge is 2.19. The maximum atomic E-state index is 4.12. The maximum absolute atomic E-state index is 4.12. The molecule has 2 aromatic rings. The quantitative estimate of drug-likeness (QED) is 0.786. The average Bonchev–Trinajstić information content (AvgIpc) is 2.94. The number of aromatic nitrogens is 2. The van der Waals surface area contributed by atoms with Gasteiger partial charge in [0.1, 0.15) is 0 Å². The molecule has 2 heterocycles. The molecule has 0 amide bonds. The molecule has 1 aromatic carbocycles. The van der Waals surface area contributed by atoms with Gasteiger partial charge in [-0.3, -0.25) is 0 Å². The Labute approximate surface area is 102 Å². The van der Waals surface area contributed by atoms with E-state index < -0.39 is 0 Å². The highest BCUT2D eigenvalue weighted by atomic mass is 15.2. The Hall–Kier alpha value is -1.77. The second kappa shape index (κ2) is 4.62. The number of nitrogens with zero attached hydrogens (tertiary/aromatic N) is 3. The van der Waals surface area contributed by atoms with Crippen LogP contribution in [0.2, 0.25) is 0 Å². The molecule has 1 saturated heterocycles. The van der Waals surface area contributed by atoms with Crippen molar-refractivity contribution in [3.8, 4) is 0 Å². The molecule has 0 aliphatic carbocycles. The number of benzene rings is 1. The summed E-state index contributed by atoms with van der Waals surface area (Å²) in [5.41, 5.74) is 1.34. The van der Waals surface area contributed by atoms with Gasteiger partial charge in [-0.1, -0.05) is 18.2 Å². The lowest BCUT2D eigenvalue weighted by Gasteiger charge is -2.34. The lowest BCUT2D eigenvalue weighted by atomic mass is 10.0. The number of para-hydroxylation sites is 1. The standard InChI is InChI=1S/C14H17N3/c1-2-4-13(5-3-1)16-9-6-14(7-10-16)17-11-8-15-12-17/h1-5,8,11-12,14H,6-7,9-10H2.